The molecule has 0 atom stereocenters. The molecule has 136 valence electrons. The maximum atomic E-state index is 10.6. The highest BCUT2D eigenvalue weighted by molar-refractivity contribution is 5.80. The highest BCUT2D eigenvalue weighted by atomic mass is 16.6. The van der Waals surface area contributed by atoms with E-state index in [9.17, 15) is 10.1 Å². The van der Waals surface area contributed by atoms with Gasteiger partial charge < -0.3 is 4.74 Å². The Balaban J connectivity index is 1.61. The van der Waals surface area contributed by atoms with Gasteiger partial charge in [0.2, 0.25) is 0 Å². The van der Waals surface area contributed by atoms with Crippen LogP contribution < -0.4 is 10.2 Å². The van der Waals surface area contributed by atoms with Crippen molar-refractivity contribution in [2.24, 2.45) is 5.10 Å². The zero-order chi connectivity index (χ0) is 19.2. The van der Waals surface area contributed by atoms with Crippen molar-refractivity contribution in [3.8, 4) is 11.5 Å². The molecular formula is C21H19N3O3. The van der Waals surface area contributed by atoms with Gasteiger partial charge in [0.1, 0.15) is 11.5 Å². The SMILES string of the molecule is Cc1cccc(Oc2ccc(C=NNc3ccc([N+](=O)[O-])cc3)cc2)c1C. The molecule has 1 N–H and O–H groups in total. The zero-order valence-corrected chi connectivity index (χ0v) is 15.0. The monoisotopic (exact) mass is 361 g/mol. The molecular weight excluding hydrogens is 342 g/mol. The lowest BCUT2D eigenvalue weighted by atomic mass is 10.1. The van der Waals surface area contributed by atoms with Crippen LogP contribution in [0.4, 0.5) is 11.4 Å². The van der Waals surface area contributed by atoms with E-state index in [2.05, 4.69) is 23.5 Å². The van der Waals surface area contributed by atoms with Crippen molar-refractivity contribution in [1.82, 2.24) is 0 Å². The molecule has 0 unspecified atom stereocenters. The number of hydrogen-bond acceptors (Lipinski definition) is 5. The van der Waals surface area contributed by atoms with E-state index >= 15 is 0 Å². The Bertz CT molecular complexity index is 965. The summed E-state index contributed by atoms with van der Waals surface area (Å²) in [5.74, 6) is 1.60. The molecule has 0 fully saturated rings. The first-order valence-electron chi connectivity index (χ1n) is 8.40. The summed E-state index contributed by atoms with van der Waals surface area (Å²) in [5.41, 5.74) is 6.77. The number of aryl methyl sites for hydroxylation is 1. The lowest BCUT2D eigenvalue weighted by Crippen LogP contribution is -1.93. The topological polar surface area (TPSA) is 76.8 Å². The summed E-state index contributed by atoms with van der Waals surface area (Å²) in [6.07, 6.45) is 1.67. The predicted octanol–water partition coefficient (Wildman–Crippen LogP) is 5.45. The molecule has 0 heterocycles. The number of ether oxygens (including phenoxy) is 1. The smallest absolute Gasteiger partial charge is 0.269 e. The number of benzene rings is 3. The number of rotatable bonds is 6. The normalized spacial score (nSPS) is 10.7. The standard InChI is InChI=1S/C21H19N3O3/c1-15-4-3-5-21(16(15)2)27-20-12-6-17(7-13-20)14-22-23-18-8-10-19(11-9-18)24(25)26/h3-14,23H,1-2H3. The Morgan fingerprint density at radius 2 is 1.70 bits per heavy atom. The Labute approximate surface area is 157 Å². The summed E-state index contributed by atoms with van der Waals surface area (Å²) in [4.78, 5) is 10.2. The third kappa shape index (κ3) is 4.70. The number of hydrazone groups is 1. The second-order valence-corrected chi connectivity index (χ2v) is 6.04. The van der Waals surface area contributed by atoms with Gasteiger partial charge in [0.15, 0.2) is 0 Å². The van der Waals surface area contributed by atoms with Crippen LogP contribution in [0.1, 0.15) is 16.7 Å². The molecule has 27 heavy (non-hydrogen) atoms. The van der Waals surface area contributed by atoms with E-state index in [0.717, 1.165) is 22.6 Å². The Hall–Kier alpha value is -3.67. The molecule has 3 rings (SSSR count). The summed E-state index contributed by atoms with van der Waals surface area (Å²) in [5, 5.41) is 14.8. The Morgan fingerprint density at radius 1 is 1.00 bits per heavy atom. The molecule has 0 amide bonds. The van der Waals surface area contributed by atoms with Crippen molar-refractivity contribution < 1.29 is 9.66 Å². The number of hydrogen-bond donors (Lipinski definition) is 1. The molecule has 3 aromatic carbocycles. The highest BCUT2D eigenvalue weighted by Gasteiger charge is 2.04. The molecule has 0 aromatic heterocycles. The van der Waals surface area contributed by atoms with Gasteiger partial charge in [-0.3, -0.25) is 15.5 Å². The average molecular weight is 361 g/mol. The van der Waals surface area contributed by atoms with Crippen LogP contribution in [0.5, 0.6) is 11.5 Å². The molecule has 0 bridgehead atoms. The van der Waals surface area contributed by atoms with Crippen LogP contribution in [0.3, 0.4) is 0 Å². The molecule has 0 aliphatic carbocycles. The molecule has 0 saturated carbocycles. The molecule has 6 heteroatoms. The number of nitro benzene ring substituents is 1. The summed E-state index contributed by atoms with van der Waals surface area (Å²) < 4.78 is 5.93. The fourth-order valence-corrected chi connectivity index (χ4v) is 2.42. The van der Waals surface area contributed by atoms with Crippen LogP contribution in [-0.4, -0.2) is 11.1 Å². The van der Waals surface area contributed by atoms with Crippen LogP contribution in [-0.2, 0) is 0 Å². The number of nitrogens with one attached hydrogen (secondary N) is 1. The van der Waals surface area contributed by atoms with E-state index in [0.29, 0.717) is 5.69 Å². The van der Waals surface area contributed by atoms with Crippen molar-refractivity contribution in [2.75, 3.05) is 5.43 Å². The van der Waals surface area contributed by atoms with Crippen LogP contribution in [0.2, 0.25) is 0 Å². The molecule has 0 spiro atoms. The van der Waals surface area contributed by atoms with Gasteiger partial charge in [-0.2, -0.15) is 5.10 Å². The summed E-state index contributed by atoms with van der Waals surface area (Å²) >= 11 is 0. The lowest BCUT2D eigenvalue weighted by Gasteiger charge is -2.10. The van der Waals surface area contributed by atoms with E-state index in [-0.39, 0.29) is 5.69 Å². The first-order chi connectivity index (χ1) is 13.0. The van der Waals surface area contributed by atoms with Crippen LogP contribution in [0.25, 0.3) is 0 Å². The molecule has 0 saturated heterocycles. The van der Waals surface area contributed by atoms with Gasteiger partial charge in [-0.25, -0.2) is 0 Å². The fourth-order valence-electron chi connectivity index (χ4n) is 2.42. The maximum absolute atomic E-state index is 10.6. The lowest BCUT2D eigenvalue weighted by molar-refractivity contribution is -0.384. The van der Waals surface area contributed by atoms with Crippen LogP contribution in [0.15, 0.2) is 71.8 Å². The first-order valence-corrected chi connectivity index (χ1v) is 8.40. The zero-order valence-electron chi connectivity index (χ0n) is 15.0. The highest BCUT2D eigenvalue weighted by Crippen LogP contribution is 2.26. The van der Waals surface area contributed by atoms with Crippen molar-refractivity contribution in [3.05, 3.63) is 93.5 Å². The number of non-ortho nitro benzene ring substituents is 1. The van der Waals surface area contributed by atoms with E-state index in [1.165, 1.54) is 17.7 Å². The predicted molar refractivity (Wildman–Crippen MR) is 107 cm³/mol. The molecule has 0 aliphatic heterocycles. The summed E-state index contributed by atoms with van der Waals surface area (Å²) in [6.45, 7) is 4.09. The fraction of sp³-hybridized carbons (Fsp3) is 0.0952. The number of nitrogens with zero attached hydrogens (tertiary/aromatic N) is 2. The quantitative estimate of drug-likeness (QED) is 0.360. The van der Waals surface area contributed by atoms with Gasteiger partial charge in [-0.05, 0) is 73.0 Å². The van der Waals surface area contributed by atoms with Gasteiger partial charge in [0.25, 0.3) is 5.69 Å². The second kappa shape index (κ2) is 8.14. The van der Waals surface area contributed by atoms with E-state index < -0.39 is 4.92 Å². The molecule has 0 radical (unpaired) electrons. The number of anilines is 1. The Kier molecular flexibility index (Phi) is 5.47. The summed E-state index contributed by atoms with van der Waals surface area (Å²) in [7, 11) is 0. The number of nitro groups is 1. The van der Waals surface area contributed by atoms with Gasteiger partial charge in [-0.15, -0.1) is 0 Å². The van der Waals surface area contributed by atoms with E-state index in [1.807, 2.05) is 43.3 Å². The van der Waals surface area contributed by atoms with Crippen molar-refractivity contribution in [2.45, 2.75) is 13.8 Å². The van der Waals surface area contributed by atoms with Crippen molar-refractivity contribution >= 4 is 17.6 Å². The van der Waals surface area contributed by atoms with E-state index in [1.54, 1.807) is 18.3 Å². The van der Waals surface area contributed by atoms with Crippen molar-refractivity contribution in [1.29, 1.82) is 0 Å². The Morgan fingerprint density at radius 3 is 2.37 bits per heavy atom. The van der Waals surface area contributed by atoms with Crippen molar-refractivity contribution in [3.63, 3.8) is 0 Å². The van der Waals surface area contributed by atoms with Gasteiger partial charge >= 0.3 is 0 Å². The molecule has 3 aromatic rings. The van der Waals surface area contributed by atoms with E-state index in [4.69, 9.17) is 4.74 Å². The largest absolute Gasteiger partial charge is 0.457 e. The van der Waals surface area contributed by atoms with Gasteiger partial charge in [0, 0.05) is 12.1 Å². The average Bonchev–Trinajstić information content (AvgIpc) is 2.67. The molecule has 0 aliphatic rings. The molecule has 6 nitrogen and oxygen atoms in total. The minimum absolute atomic E-state index is 0.0453. The van der Waals surface area contributed by atoms with Gasteiger partial charge in [-0.1, -0.05) is 12.1 Å². The summed E-state index contributed by atoms with van der Waals surface area (Å²) in [6, 6.07) is 19.6. The van der Waals surface area contributed by atoms with Crippen LogP contribution >= 0.6 is 0 Å². The minimum atomic E-state index is -0.436. The van der Waals surface area contributed by atoms with Gasteiger partial charge in [0.05, 0.1) is 16.8 Å². The third-order valence-electron chi connectivity index (χ3n) is 4.15. The minimum Gasteiger partial charge on any atom is -0.457 e. The first kappa shape index (κ1) is 18.1. The maximum Gasteiger partial charge on any atom is 0.269 e. The van der Waals surface area contributed by atoms with Crippen LogP contribution in [0, 0.1) is 24.0 Å². The third-order valence-corrected chi connectivity index (χ3v) is 4.15. The second-order valence-electron chi connectivity index (χ2n) is 6.04.